The number of hydrogen-bond donors (Lipinski definition) is 0. The molecule has 1 aliphatic rings. The monoisotopic (exact) mass is 436 g/mol. The second kappa shape index (κ2) is 11.5. The quantitative estimate of drug-likeness (QED) is 0.640. The molecule has 0 saturated carbocycles. The van der Waals surface area contributed by atoms with Crippen LogP contribution in [0.4, 0.5) is 4.79 Å². The first-order valence-corrected chi connectivity index (χ1v) is 10.8. The van der Waals surface area contributed by atoms with Crippen molar-refractivity contribution in [2.45, 2.75) is 36.1 Å². The van der Waals surface area contributed by atoms with E-state index in [-0.39, 0.29) is 30.4 Å². The van der Waals surface area contributed by atoms with Crippen LogP contribution in [-0.2, 0) is 29.1 Å². The van der Waals surface area contributed by atoms with Gasteiger partial charge in [0.15, 0.2) is 4.90 Å². The minimum atomic E-state index is -1.04. The highest BCUT2D eigenvalue weighted by Gasteiger charge is 2.32. The highest BCUT2D eigenvalue weighted by molar-refractivity contribution is 7.92. The van der Waals surface area contributed by atoms with Gasteiger partial charge in [0.25, 0.3) is 0 Å². The summed E-state index contributed by atoms with van der Waals surface area (Å²) in [6.07, 6.45) is 1.17. The van der Waals surface area contributed by atoms with Gasteiger partial charge in [0.1, 0.15) is 11.9 Å². The molecule has 0 radical (unpaired) electrons. The maximum atomic E-state index is 12.9. The molecule has 0 N–H and O–H groups in total. The first-order chi connectivity index (χ1) is 13.5. The normalized spacial score (nSPS) is 15.7. The number of benzene rings is 2. The molecule has 1 amide bonds. The summed E-state index contributed by atoms with van der Waals surface area (Å²) < 4.78 is 18.3. The molecular formula is C22H29ClN2O3S. The van der Waals surface area contributed by atoms with Gasteiger partial charge in [0.2, 0.25) is 0 Å². The highest BCUT2D eigenvalue weighted by atomic mass is 35.5. The lowest BCUT2D eigenvalue weighted by molar-refractivity contribution is 0.0897. The van der Waals surface area contributed by atoms with E-state index in [1.54, 1.807) is 4.90 Å². The molecule has 7 heteroatoms. The van der Waals surface area contributed by atoms with Crippen LogP contribution in [0.15, 0.2) is 59.5 Å². The van der Waals surface area contributed by atoms with Crippen LogP contribution >= 0.6 is 12.4 Å². The molecule has 1 aliphatic heterocycles. The van der Waals surface area contributed by atoms with Gasteiger partial charge in [0.05, 0.1) is 0 Å². The summed E-state index contributed by atoms with van der Waals surface area (Å²) in [5.41, 5.74) is 2.19. The minimum Gasteiger partial charge on any atom is -0.611 e. The molecule has 0 spiro atoms. The van der Waals surface area contributed by atoms with E-state index in [1.807, 2.05) is 68.7 Å². The Bertz CT molecular complexity index is 750. The number of carbonyl (C=O) groups excluding carboxylic acids is 1. The summed E-state index contributed by atoms with van der Waals surface area (Å²) >= 11 is -1.04. The van der Waals surface area contributed by atoms with E-state index in [0.29, 0.717) is 13.1 Å². The lowest BCUT2D eigenvalue weighted by Gasteiger charge is -2.32. The van der Waals surface area contributed by atoms with E-state index in [4.69, 9.17) is 4.74 Å². The number of halogens is 1. The van der Waals surface area contributed by atoms with E-state index >= 15 is 0 Å². The van der Waals surface area contributed by atoms with E-state index in [0.717, 1.165) is 29.8 Å². The van der Waals surface area contributed by atoms with Crippen molar-refractivity contribution in [2.75, 3.05) is 27.2 Å². The number of piperidine rings is 1. The van der Waals surface area contributed by atoms with Gasteiger partial charge in [0, 0.05) is 32.5 Å². The minimum absolute atomic E-state index is 0. The maximum absolute atomic E-state index is 12.9. The number of amides is 1. The molecule has 1 unspecified atom stereocenters. The second-order valence-electron chi connectivity index (χ2n) is 7.41. The van der Waals surface area contributed by atoms with Gasteiger partial charge in [-0.1, -0.05) is 42.5 Å². The molecular weight excluding hydrogens is 408 g/mol. The Hall–Kier alpha value is -1.73. The summed E-state index contributed by atoms with van der Waals surface area (Å²) in [7, 11) is 4.06. The Morgan fingerprint density at radius 3 is 2.28 bits per heavy atom. The lowest BCUT2D eigenvalue weighted by Crippen LogP contribution is -2.42. The molecule has 3 rings (SSSR count). The number of hydrogen-bond acceptors (Lipinski definition) is 4. The number of ether oxygens (including phenoxy) is 1. The van der Waals surface area contributed by atoms with Crippen molar-refractivity contribution in [3.05, 3.63) is 65.7 Å². The van der Waals surface area contributed by atoms with Crippen molar-refractivity contribution in [3.63, 3.8) is 0 Å². The summed E-state index contributed by atoms with van der Waals surface area (Å²) in [6.45, 7) is 2.33. The van der Waals surface area contributed by atoms with Gasteiger partial charge in [-0.2, -0.15) is 0 Å². The fourth-order valence-electron chi connectivity index (χ4n) is 3.35. The van der Waals surface area contributed by atoms with Crippen molar-refractivity contribution in [1.29, 1.82) is 0 Å². The van der Waals surface area contributed by atoms with Crippen molar-refractivity contribution >= 4 is 29.7 Å². The molecule has 1 atom stereocenters. The van der Waals surface area contributed by atoms with E-state index in [9.17, 15) is 9.35 Å². The highest BCUT2D eigenvalue weighted by Crippen LogP contribution is 2.25. The van der Waals surface area contributed by atoms with Crippen molar-refractivity contribution in [2.24, 2.45) is 0 Å². The molecule has 1 fully saturated rings. The molecule has 0 aliphatic carbocycles. The molecule has 1 saturated heterocycles. The smallest absolute Gasteiger partial charge is 0.410 e. The van der Waals surface area contributed by atoms with Gasteiger partial charge in [-0.15, -0.1) is 12.4 Å². The average Bonchev–Trinajstić information content (AvgIpc) is 2.72. The molecule has 0 aromatic heterocycles. The van der Waals surface area contributed by atoms with Crippen LogP contribution in [0, 0.1) is 0 Å². The molecule has 29 heavy (non-hydrogen) atoms. The van der Waals surface area contributed by atoms with E-state index < -0.39 is 11.2 Å². The third-order valence-electron chi connectivity index (χ3n) is 4.86. The zero-order valence-electron chi connectivity index (χ0n) is 17.0. The van der Waals surface area contributed by atoms with Gasteiger partial charge < -0.3 is 19.1 Å². The molecule has 1 heterocycles. The van der Waals surface area contributed by atoms with Gasteiger partial charge in [-0.3, -0.25) is 0 Å². The predicted molar refractivity (Wildman–Crippen MR) is 119 cm³/mol. The van der Waals surface area contributed by atoms with E-state index in [2.05, 4.69) is 4.90 Å². The Labute approximate surface area is 182 Å². The van der Waals surface area contributed by atoms with Crippen LogP contribution < -0.4 is 0 Å². The van der Waals surface area contributed by atoms with Crippen LogP contribution in [0.5, 0.6) is 0 Å². The average molecular weight is 437 g/mol. The number of rotatable bonds is 6. The molecule has 2 aromatic carbocycles. The molecule has 5 nitrogen and oxygen atoms in total. The fourth-order valence-corrected chi connectivity index (χ4v) is 4.78. The first-order valence-electron chi connectivity index (χ1n) is 9.63. The number of carbonyl (C=O) groups is 1. The second-order valence-corrected chi connectivity index (χ2v) is 9.14. The predicted octanol–water partition coefficient (Wildman–Crippen LogP) is 4.08. The Kier molecular flexibility index (Phi) is 9.30. The summed E-state index contributed by atoms with van der Waals surface area (Å²) in [4.78, 5) is 17.0. The van der Waals surface area contributed by atoms with E-state index in [1.165, 1.54) is 5.56 Å². The molecule has 0 bridgehead atoms. The van der Waals surface area contributed by atoms with Crippen LogP contribution in [0.3, 0.4) is 0 Å². The standard InChI is InChI=1S/C22H28N2O3S.ClH/c1-23(2)16-18-8-10-20(11-9-18)28(26)21-12-14-24(15-13-21)22(25)27-17-19-6-4-3-5-7-19;/h3-11,21H,12-17H2,1-2H3;1H. The molecule has 2 aromatic rings. The number of nitrogens with zero attached hydrogens (tertiary/aromatic N) is 2. The summed E-state index contributed by atoms with van der Waals surface area (Å²) in [5, 5.41) is 0.0814. The summed E-state index contributed by atoms with van der Waals surface area (Å²) in [6, 6.07) is 17.7. The van der Waals surface area contributed by atoms with Gasteiger partial charge >= 0.3 is 6.09 Å². The zero-order valence-corrected chi connectivity index (χ0v) is 18.6. The van der Waals surface area contributed by atoms with Crippen molar-refractivity contribution in [1.82, 2.24) is 9.80 Å². The third-order valence-corrected chi connectivity index (χ3v) is 6.68. The van der Waals surface area contributed by atoms with Crippen molar-refractivity contribution in [3.8, 4) is 0 Å². The summed E-state index contributed by atoms with van der Waals surface area (Å²) in [5.74, 6) is 0. The molecule has 158 valence electrons. The SMILES string of the molecule is CN(C)Cc1ccc([S+]([O-])C2CCN(C(=O)OCc3ccccc3)CC2)cc1.Cl. The van der Waals surface area contributed by atoms with Gasteiger partial charge in [-0.05, 0) is 48.5 Å². The zero-order chi connectivity index (χ0) is 19.9. The largest absolute Gasteiger partial charge is 0.611 e. The Morgan fingerprint density at radius 1 is 1.07 bits per heavy atom. The van der Waals surface area contributed by atoms with Crippen LogP contribution in [0.25, 0.3) is 0 Å². The third kappa shape index (κ3) is 6.93. The Morgan fingerprint density at radius 2 is 1.69 bits per heavy atom. The van der Waals surface area contributed by atoms with Crippen LogP contribution in [-0.4, -0.2) is 52.9 Å². The maximum Gasteiger partial charge on any atom is 0.410 e. The van der Waals surface area contributed by atoms with Gasteiger partial charge in [-0.25, -0.2) is 4.79 Å². The fraction of sp³-hybridized carbons (Fsp3) is 0.409. The van der Waals surface area contributed by atoms with Crippen molar-refractivity contribution < 1.29 is 14.1 Å². The lowest BCUT2D eigenvalue weighted by atomic mass is 10.1. The van der Waals surface area contributed by atoms with Crippen LogP contribution in [0.1, 0.15) is 24.0 Å². The number of likely N-dealkylation sites (tertiary alicyclic amines) is 1. The Balaban J connectivity index is 0.00000300. The first kappa shape index (κ1) is 23.5. The van der Waals surface area contributed by atoms with Crippen LogP contribution in [0.2, 0.25) is 0 Å². The topological polar surface area (TPSA) is 55.8 Å².